The predicted molar refractivity (Wildman–Crippen MR) is 127 cm³/mol. The van der Waals surface area contributed by atoms with E-state index in [1.165, 1.54) is 0 Å². The van der Waals surface area contributed by atoms with Gasteiger partial charge in [0.15, 0.2) is 11.2 Å². The van der Waals surface area contributed by atoms with Crippen molar-refractivity contribution in [2.75, 3.05) is 0 Å². The number of fused-ring (bicyclic) bond motifs is 1. The largest absolute Gasteiger partial charge is 0.286 e. The van der Waals surface area contributed by atoms with Gasteiger partial charge in [-0.3, -0.25) is 13.9 Å². The Bertz CT molecular complexity index is 1450. The molecular formula is C25H19BrN4O. The van der Waals surface area contributed by atoms with E-state index in [0.717, 1.165) is 27.0 Å². The lowest BCUT2D eigenvalue weighted by atomic mass is 10.1. The van der Waals surface area contributed by atoms with Crippen LogP contribution in [0.1, 0.15) is 11.4 Å². The summed E-state index contributed by atoms with van der Waals surface area (Å²) in [7, 11) is 0. The molecule has 2 aromatic heterocycles. The van der Waals surface area contributed by atoms with Crippen molar-refractivity contribution in [3.05, 3.63) is 105 Å². The molecule has 0 bridgehead atoms. The number of para-hydroxylation sites is 1. The van der Waals surface area contributed by atoms with E-state index in [0.29, 0.717) is 22.8 Å². The number of aryl methyl sites for hydroxylation is 2. The van der Waals surface area contributed by atoms with Crippen LogP contribution in [0.2, 0.25) is 0 Å². The number of rotatable bonds is 3. The van der Waals surface area contributed by atoms with Crippen LogP contribution in [0.3, 0.4) is 0 Å². The molecule has 0 saturated heterocycles. The van der Waals surface area contributed by atoms with Crippen LogP contribution in [0.4, 0.5) is 0 Å². The zero-order chi connectivity index (χ0) is 21.5. The summed E-state index contributed by atoms with van der Waals surface area (Å²) in [6.07, 6.45) is 0. The molecule has 0 N–H and O–H groups in total. The van der Waals surface area contributed by atoms with Crippen molar-refractivity contribution >= 4 is 27.1 Å². The molecule has 2 heterocycles. The highest BCUT2D eigenvalue weighted by Gasteiger charge is 2.20. The van der Waals surface area contributed by atoms with Gasteiger partial charge in [0.05, 0.1) is 5.69 Å². The highest BCUT2D eigenvalue weighted by molar-refractivity contribution is 9.10. The molecule has 0 aliphatic rings. The Morgan fingerprint density at radius 2 is 1.39 bits per heavy atom. The Hall–Kier alpha value is -3.51. The first-order chi connectivity index (χ1) is 15.0. The number of aromatic nitrogens is 4. The first-order valence-electron chi connectivity index (χ1n) is 9.93. The molecule has 0 aliphatic carbocycles. The van der Waals surface area contributed by atoms with Crippen molar-refractivity contribution in [3.8, 4) is 22.8 Å². The van der Waals surface area contributed by atoms with Crippen molar-refractivity contribution in [1.29, 1.82) is 0 Å². The van der Waals surface area contributed by atoms with Crippen LogP contribution in [0.5, 0.6) is 0 Å². The van der Waals surface area contributed by atoms with E-state index in [1.807, 2.05) is 97.3 Å². The Morgan fingerprint density at radius 1 is 0.742 bits per heavy atom. The van der Waals surface area contributed by atoms with Crippen LogP contribution >= 0.6 is 15.9 Å². The topological polar surface area (TPSA) is 52.7 Å². The third kappa shape index (κ3) is 3.39. The minimum atomic E-state index is -0.194. The van der Waals surface area contributed by atoms with Crippen LogP contribution in [0.25, 0.3) is 33.9 Å². The maximum atomic E-state index is 13.7. The third-order valence-corrected chi connectivity index (χ3v) is 5.79. The fraction of sp³-hybridized carbons (Fsp3) is 0.0800. The van der Waals surface area contributed by atoms with Crippen molar-refractivity contribution in [2.45, 2.75) is 13.8 Å². The second-order valence-corrected chi connectivity index (χ2v) is 8.34. The second-order valence-electron chi connectivity index (χ2n) is 7.42. The predicted octanol–water partition coefficient (Wildman–Crippen LogP) is 5.62. The summed E-state index contributed by atoms with van der Waals surface area (Å²) in [5, 5.41) is 0. The van der Waals surface area contributed by atoms with Gasteiger partial charge in [-0.05, 0) is 50.2 Å². The summed E-state index contributed by atoms with van der Waals surface area (Å²) in [5.74, 6) is 1.30. The SMILES string of the molecule is Cc1ccc(-c2nc3c(nc(C)n3-c3ccccc3)c(=O)n2-c2ccc(Br)cc2)cc1. The van der Waals surface area contributed by atoms with Crippen molar-refractivity contribution in [2.24, 2.45) is 0 Å². The Kier molecular flexibility index (Phi) is 4.79. The molecule has 0 amide bonds. The quantitative estimate of drug-likeness (QED) is 0.343. The zero-order valence-corrected chi connectivity index (χ0v) is 18.7. The molecule has 0 atom stereocenters. The number of nitrogens with zero attached hydrogens (tertiary/aromatic N) is 4. The monoisotopic (exact) mass is 470 g/mol. The lowest BCUT2D eigenvalue weighted by Gasteiger charge is -2.14. The van der Waals surface area contributed by atoms with Gasteiger partial charge in [-0.25, -0.2) is 9.97 Å². The number of halogens is 1. The minimum absolute atomic E-state index is 0.194. The zero-order valence-electron chi connectivity index (χ0n) is 17.1. The van der Waals surface area contributed by atoms with Gasteiger partial charge in [0.25, 0.3) is 5.56 Å². The average molecular weight is 471 g/mol. The first-order valence-corrected chi connectivity index (χ1v) is 10.7. The minimum Gasteiger partial charge on any atom is -0.281 e. The van der Waals surface area contributed by atoms with E-state index in [4.69, 9.17) is 4.98 Å². The third-order valence-electron chi connectivity index (χ3n) is 5.26. The number of hydrogen-bond acceptors (Lipinski definition) is 3. The summed E-state index contributed by atoms with van der Waals surface area (Å²) in [4.78, 5) is 23.3. The Labute approximate surface area is 187 Å². The fourth-order valence-corrected chi connectivity index (χ4v) is 4.00. The molecule has 0 fully saturated rings. The molecule has 0 unspecified atom stereocenters. The molecule has 5 aromatic rings. The van der Waals surface area contributed by atoms with Gasteiger partial charge in [-0.15, -0.1) is 0 Å². The maximum Gasteiger partial charge on any atom is 0.286 e. The van der Waals surface area contributed by atoms with E-state index in [9.17, 15) is 4.79 Å². The standard InChI is InChI=1S/C25H19BrN4O/c1-16-8-10-18(11-9-16)23-28-24-22(25(31)30(23)21-14-12-19(26)13-15-21)27-17(2)29(24)20-6-4-3-5-7-20/h3-15H,1-2H3. The molecule has 31 heavy (non-hydrogen) atoms. The van der Waals surface area contributed by atoms with Gasteiger partial charge >= 0.3 is 0 Å². The fourth-order valence-electron chi connectivity index (χ4n) is 3.73. The van der Waals surface area contributed by atoms with Gasteiger partial charge < -0.3 is 0 Å². The normalized spacial score (nSPS) is 11.2. The molecule has 0 radical (unpaired) electrons. The van der Waals surface area contributed by atoms with E-state index in [1.54, 1.807) is 4.57 Å². The molecule has 152 valence electrons. The van der Waals surface area contributed by atoms with Crippen LogP contribution in [-0.2, 0) is 0 Å². The van der Waals surface area contributed by atoms with Crippen molar-refractivity contribution < 1.29 is 0 Å². The maximum absolute atomic E-state index is 13.7. The van der Waals surface area contributed by atoms with Gasteiger partial charge in [0.2, 0.25) is 0 Å². The molecule has 0 saturated carbocycles. The van der Waals surface area contributed by atoms with E-state index < -0.39 is 0 Å². The second kappa shape index (κ2) is 7.63. The van der Waals surface area contributed by atoms with Gasteiger partial charge in [0, 0.05) is 15.7 Å². The first kappa shape index (κ1) is 19.5. The summed E-state index contributed by atoms with van der Waals surface area (Å²) >= 11 is 3.47. The summed E-state index contributed by atoms with van der Waals surface area (Å²) < 4.78 is 4.51. The average Bonchev–Trinajstić information content (AvgIpc) is 3.12. The van der Waals surface area contributed by atoms with E-state index >= 15 is 0 Å². The summed E-state index contributed by atoms with van der Waals surface area (Å²) in [6.45, 7) is 3.93. The van der Waals surface area contributed by atoms with Crippen molar-refractivity contribution in [3.63, 3.8) is 0 Å². The number of benzene rings is 3. The van der Waals surface area contributed by atoms with Gasteiger partial charge in [0.1, 0.15) is 11.6 Å². The van der Waals surface area contributed by atoms with Crippen LogP contribution in [-0.4, -0.2) is 19.1 Å². The van der Waals surface area contributed by atoms with Crippen LogP contribution in [0, 0.1) is 13.8 Å². The lowest BCUT2D eigenvalue weighted by molar-refractivity contribution is 0.955. The van der Waals surface area contributed by atoms with Crippen LogP contribution in [0.15, 0.2) is 88.1 Å². The lowest BCUT2D eigenvalue weighted by Crippen LogP contribution is -2.22. The molecular weight excluding hydrogens is 452 g/mol. The highest BCUT2D eigenvalue weighted by atomic mass is 79.9. The van der Waals surface area contributed by atoms with Gasteiger partial charge in [-0.2, -0.15) is 0 Å². The van der Waals surface area contributed by atoms with E-state index in [2.05, 4.69) is 20.9 Å². The summed E-state index contributed by atoms with van der Waals surface area (Å²) in [5.41, 5.74) is 4.38. The molecule has 5 nitrogen and oxygen atoms in total. The highest BCUT2D eigenvalue weighted by Crippen LogP contribution is 2.25. The number of imidazole rings is 1. The molecule has 5 rings (SSSR count). The van der Waals surface area contributed by atoms with E-state index in [-0.39, 0.29) is 5.56 Å². The molecule has 0 aliphatic heterocycles. The van der Waals surface area contributed by atoms with Crippen molar-refractivity contribution in [1.82, 2.24) is 19.1 Å². The van der Waals surface area contributed by atoms with Gasteiger partial charge in [-0.1, -0.05) is 64.0 Å². The molecule has 0 spiro atoms. The number of hydrogen-bond donors (Lipinski definition) is 0. The molecule has 6 heteroatoms. The molecule has 3 aromatic carbocycles. The summed E-state index contributed by atoms with van der Waals surface area (Å²) in [6, 6.07) is 25.5. The van der Waals surface area contributed by atoms with Crippen LogP contribution < -0.4 is 5.56 Å². The smallest absolute Gasteiger partial charge is 0.281 e. The Morgan fingerprint density at radius 3 is 2.06 bits per heavy atom. The Balaban J connectivity index is 1.88.